The summed E-state index contributed by atoms with van der Waals surface area (Å²) in [5.41, 5.74) is 5.00. The topological polar surface area (TPSA) is 142 Å². The lowest BCUT2D eigenvalue weighted by molar-refractivity contribution is -0.142. The lowest BCUT2D eigenvalue weighted by Gasteiger charge is -2.28. The molecular formula is C33H37N7O4. The molecule has 4 aromatic rings. The average molecular weight is 596 g/mol. The second kappa shape index (κ2) is 13.6. The fourth-order valence-electron chi connectivity index (χ4n) is 5.42. The molecule has 11 nitrogen and oxygen atoms in total. The Balaban J connectivity index is 1.31. The van der Waals surface area contributed by atoms with Crippen molar-refractivity contribution in [2.24, 2.45) is 0 Å². The van der Waals surface area contributed by atoms with E-state index in [0.29, 0.717) is 31.8 Å². The van der Waals surface area contributed by atoms with Crippen LogP contribution < -0.4 is 15.5 Å². The lowest BCUT2D eigenvalue weighted by Crippen LogP contribution is -2.51. The molecule has 0 fully saturated rings. The van der Waals surface area contributed by atoms with Gasteiger partial charge >= 0.3 is 5.97 Å². The number of hydrogen-bond acceptors (Lipinski definition) is 8. The van der Waals surface area contributed by atoms with Gasteiger partial charge in [-0.3, -0.25) is 14.4 Å². The number of hydrogen-bond donors (Lipinski definition) is 3. The van der Waals surface area contributed by atoms with Gasteiger partial charge in [-0.15, -0.1) is 10.2 Å². The third-order valence-electron chi connectivity index (χ3n) is 7.62. The maximum atomic E-state index is 14.0. The number of anilines is 1. The molecule has 228 valence electrons. The maximum absolute atomic E-state index is 14.0. The van der Waals surface area contributed by atoms with Gasteiger partial charge in [0.1, 0.15) is 6.04 Å². The van der Waals surface area contributed by atoms with Crippen LogP contribution in [-0.2, 0) is 32.1 Å². The van der Waals surface area contributed by atoms with E-state index in [-0.39, 0.29) is 30.7 Å². The molecule has 1 aromatic heterocycles. The van der Waals surface area contributed by atoms with Crippen LogP contribution in [-0.4, -0.2) is 63.1 Å². The van der Waals surface area contributed by atoms with E-state index < -0.39 is 11.6 Å². The molecule has 3 aromatic carbocycles. The lowest BCUT2D eigenvalue weighted by atomic mass is 9.98. The van der Waals surface area contributed by atoms with Gasteiger partial charge in [0, 0.05) is 23.2 Å². The summed E-state index contributed by atoms with van der Waals surface area (Å²) in [6.07, 6.45) is 1.23. The van der Waals surface area contributed by atoms with Crippen LogP contribution in [0, 0.1) is 0 Å². The van der Waals surface area contributed by atoms with Crippen molar-refractivity contribution in [1.29, 1.82) is 0 Å². The Morgan fingerprint density at radius 3 is 2.48 bits per heavy atom. The van der Waals surface area contributed by atoms with E-state index in [0.717, 1.165) is 33.5 Å². The summed E-state index contributed by atoms with van der Waals surface area (Å²) in [7, 11) is 0. The summed E-state index contributed by atoms with van der Waals surface area (Å²) in [6, 6.07) is 23.1. The molecule has 0 spiro atoms. The molecule has 11 heteroatoms. The number of ether oxygens (including phenoxy) is 1. The third kappa shape index (κ3) is 7.35. The van der Waals surface area contributed by atoms with Crippen LogP contribution in [0.5, 0.6) is 0 Å². The van der Waals surface area contributed by atoms with Gasteiger partial charge in [0.2, 0.25) is 17.6 Å². The highest BCUT2D eigenvalue weighted by molar-refractivity contribution is 6.00. The number of tetrazole rings is 1. The molecule has 0 aliphatic carbocycles. The zero-order valence-electron chi connectivity index (χ0n) is 25.2. The van der Waals surface area contributed by atoms with Crippen LogP contribution in [0.4, 0.5) is 5.69 Å². The van der Waals surface area contributed by atoms with Gasteiger partial charge in [0.05, 0.1) is 19.7 Å². The number of aromatic amines is 1. The van der Waals surface area contributed by atoms with E-state index in [4.69, 9.17) is 4.74 Å². The third-order valence-corrected chi connectivity index (χ3v) is 7.62. The van der Waals surface area contributed by atoms with Crippen molar-refractivity contribution in [2.45, 2.75) is 58.2 Å². The Bertz CT molecular complexity index is 1600. The van der Waals surface area contributed by atoms with E-state index in [9.17, 15) is 14.4 Å². The number of aromatic nitrogens is 4. The molecule has 0 bridgehead atoms. The second-order valence-corrected chi connectivity index (χ2v) is 11.4. The van der Waals surface area contributed by atoms with Crippen molar-refractivity contribution in [2.75, 3.05) is 18.1 Å². The van der Waals surface area contributed by atoms with Crippen molar-refractivity contribution < 1.29 is 19.1 Å². The molecule has 44 heavy (non-hydrogen) atoms. The molecule has 0 radical (unpaired) electrons. The monoisotopic (exact) mass is 595 g/mol. The summed E-state index contributed by atoms with van der Waals surface area (Å²) in [5, 5.41) is 20.5. The first-order chi connectivity index (χ1) is 21.2. The minimum absolute atomic E-state index is 0.00104. The molecule has 0 unspecified atom stereocenters. The van der Waals surface area contributed by atoms with Crippen LogP contribution in [0.2, 0.25) is 0 Å². The molecule has 5 rings (SSSR count). The molecule has 0 saturated heterocycles. The molecular weight excluding hydrogens is 558 g/mol. The quantitative estimate of drug-likeness (QED) is 0.222. The number of rotatable bonds is 11. The van der Waals surface area contributed by atoms with Gasteiger partial charge in [0.25, 0.3) is 0 Å². The zero-order valence-corrected chi connectivity index (χ0v) is 25.2. The van der Waals surface area contributed by atoms with Crippen molar-refractivity contribution in [1.82, 2.24) is 31.3 Å². The second-order valence-electron chi connectivity index (χ2n) is 11.4. The Morgan fingerprint density at radius 2 is 1.75 bits per heavy atom. The van der Waals surface area contributed by atoms with Gasteiger partial charge in [0.15, 0.2) is 0 Å². The Labute approximate surface area is 256 Å². The van der Waals surface area contributed by atoms with Crippen LogP contribution in [0.3, 0.4) is 0 Å². The van der Waals surface area contributed by atoms with Crippen molar-refractivity contribution in [3.05, 3.63) is 83.9 Å². The number of amides is 2. The van der Waals surface area contributed by atoms with Crippen molar-refractivity contribution in [3.63, 3.8) is 0 Å². The van der Waals surface area contributed by atoms with E-state index >= 15 is 0 Å². The predicted molar refractivity (Wildman–Crippen MR) is 166 cm³/mol. The van der Waals surface area contributed by atoms with E-state index in [1.165, 1.54) is 0 Å². The summed E-state index contributed by atoms with van der Waals surface area (Å²) >= 11 is 0. The van der Waals surface area contributed by atoms with Crippen LogP contribution in [0.25, 0.3) is 22.5 Å². The highest BCUT2D eigenvalue weighted by atomic mass is 16.5. The number of para-hydroxylation sites is 1. The Kier molecular flexibility index (Phi) is 9.44. The standard InChI is InChI=1S/C33H37N7O4/c1-4-44-30(42)20-34-33(2,3)19-29(41)35-27-18-17-24-9-5-8-12-28(24)40(32(27)43)21-22-13-15-23(16-14-22)25-10-6-7-11-26(25)31-36-38-39-37-31/h5-16,27,34H,4,17-21H2,1-3H3,(H,35,41)(H,36,37,38,39)/t27-/m1/s1. The fourth-order valence-corrected chi connectivity index (χ4v) is 5.42. The molecule has 1 aliphatic heterocycles. The molecule has 2 heterocycles. The van der Waals surface area contributed by atoms with Crippen molar-refractivity contribution >= 4 is 23.5 Å². The average Bonchev–Trinajstić information content (AvgIpc) is 3.52. The number of esters is 1. The van der Waals surface area contributed by atoms with E-state index in [1.54, 1.807) is 11.8 Å². The number of fused-ring (bicyclic) bond motifs is 1. The highest BCUT2D eigenvalue weighted by Gasteiger charge is 2.33. The van der Waals surface area contributed by atoms with Crippen LogP contribution in [0.1, 0.15) is 44.7 Å². The van der Waals surface area contributed by atoms with Gasteiger partial charge in [-0.2, -0.15) is 5.21 Å². The molecule has 1 atom stereocenters. The first-order valence-electron chi connectivity index (χ1n) is 14.8. The molecule has 3 N–H and O–H groups in total. The number of benzene rings is 3. The van der Waals surface area contributed by atoms with E-state index in [1.807, 2.05) is 86.6 Å². The van der Waals surface area contributed by atoms with Gasteiger partial charge in [-0.05, 0) is 67.1 Å². The smallest absolute Gasteiger partial charge is 0.319 e. The minimum atomic E-state index is -0.683. The summed E-state index contributed by atoms with van der Waals surface area (Å²) in [5.74, 6) is -0.285. The van der Waals surface area contributed by atoms with Crippen LogP contribution >= 0.6 is 0 Å². The summed E-state index contributed by atoms with van der Waals surface area (Å²) < 4.78 is 4.97. The van der Waals surface area contributed by atoms with Gasteiger partial charge in [-0.1, -0.05) is 66.7 Å². The number of carbonyl (C=O) groups is 3. The number of nitrogens with one attached hydrogen (secondary N) is 3. The van der Waals surface area contributed by atoms with Crippen molar-refractivity contribution in [3.8, 4) is 22.5 Å². The Morgan fingerprint density at radius 1 is 1.02 bits per heavy atom. The highest BCUT2D eigenvalue weighted by Crippen LogP contribution is 2.32. The van der Waals surface area contributed by atoms with Gasteiger partial charge < -0.3 is 20.3 Å². The number of H-pyrrole nitrogens is 1. The number of nitrogens with zero attached hydrogens (tertiary/aromatic N) is 4. The van der Waals surface area contributed by atoms with Gasteiger partial charge in [-0.25, -0.2) is 0 Å². The summed E-state index contributed by atoms with van der Waals surface area (Å²) in [4.78, 5) is 40.6. The predicted octanol–water partition coefficient (Wildman–Crippen LogP) is 3.82. The van der Waals surface area contributed by atoms with E-state index in [2.05, 4.69) is 31.3 Å². The SMILES string of the molecule is CCOC(=O)CNC(C)(C)CC(=O)N[C@@H]1CCc2ccccc2N(Cc2ccc(-c3ccccc3-c3nn[nH]n3)cc2)C1=O. The zero-order chi connectivity index (χ0) is 31.1. The molecule has 0 saturated carbocycles. The Hall–Kier alpha value is -4.90. The summed E-state index contributed by atoms with van der Waals surface area (Å²) in [6.45, 7) is 6.07. The molecule has 1 aliphatic rings. The normalized spacial score (nSPS) is 14.9. The molecule has 2 amide bonds. The largest absolute Gasteiger partial charge is 0.465 e. The van der Waals surface area contributed by atoms with Crippen LogP contribution in [0.15, 0.2) is 72.8 Å². The number of aryl methyl sites for hydroxylation is 1. The maximum Gasteiger partial charge on any atom is 0.319 e. The minimum Gasteiger partial charge on any atom is -0.465 e. The fraction of sp³-hybridized carbons (Fsp3) is 0.333. The number of carbonyl (C=O) groups excluding carboxylic acids is 3. The first kappa shape index (κ1) is 30.6. The first-order valence-corrected chi connectivity index (χ1v) is 14.8.